The fourth-order valence-corrected chi connectivity index (χ4v) is 2.20. The molecule has 0 spiro atoms. The van der Waals surface area contributed by atoms with Crippen molar-refractivity contribution in [3.05, 3.63) is 0 Å². The predicted molar refractivity (Wildman–Crippen MR) is 74.7 cm³/mol. The van der Waals surface area contributed by atoms with Gasteiger partial charge in [0.1, 0.15) is 0 Å². The lowest BCUT2D eigenvalue weighted by molar-refractivity contribution is 0.0701. The number of methoxy groups -OCH3 is 1. The average Bonchev–Trinajstić information content (AvgIpc) is 2.39. The molecule has 0 aliphatic heterocycles. The number of hydrogen-bond acceptors (Lipinski definition) is 3. The van der Waals surface area contributed by atoms with E-state index in [2.05, 4.69) is 18.6 Å². The van der Waals surface area contributed by atoms with Gasteiger partial charge in [-0.05, 0) is 18.8 Å². The fourth-order valence-electron chi connectivity index (χ4n) is 2.20. The van der Waals surface area contributed by atoms with Crippen LogP contribution in [0.1, 0.15) is 71.6 Å². The second-order valence-corrected chi connectivity index (χ2v) is 4.95. The molecule has 108 valence electrons. The largest absolute Gasteiger partial charge is 0.507 e. The Balaban J connectivity index is 3.67. The van der Waals surface area contributed by atoms with Crippen molar-refractivity contribution >= 4 is 6.16 Å². The summed E-state index contributed by atoms with van der Waals surface area (Å²) in [6, 6.07) is 0. The van der Waals surface area contributed by atoms with Gasteiger partial charge in [-0.15, -0.1) is 0 Å². The van der Waals surface area contributed by atoms with Gasteiger partial charge in [0.05, 0.1) is 13.7 Å². The third kappa shape index (κ3) is 10.4. The van der Waals surface area contributed by atoms with Crippen LogP contribution in [0.25, 0.3) is 0 Å². The van der Waals surface area contributed by atoms with E-state index in [0.29, 0.717) is 6.61 Å². The van der Waals surface area contributed by atoms with Crippen molar-refractivity contribution in [1.82, 2.24) is 0 Å². The number of rotatable bonds is 11. The Morgan fingerprint density at radius 1 is 0.944 bits per heavy atom. The Hall–Kier alpha value is -0.730. The van der Waals surface area contributed by atoms with E-state index in [0.717, 1.165) is 12.3 Å². The van der Waals surface area contributed by atoms with Crippen LogP contribution in [0.3, 0.4) is 0 Å². The van der Waals surface area contributed by atoms with Gasteiger partial charge in [-0.3, -0.25) is 0 Å². The summed E-state index contributed by atoms with van der Waals surface area (Å²) in [5, 5.41) is 0. The SMILES string of the molecule is CCCCCC(CCCC)CCCOC(=O)OC. The first kappa shape index (κ1) is 17.3. The van der Waals surface area contributed by atoms with E-state index in [-0.39, 0.29) is 0 Å². The first-order valence-corrected chi connectivity index (χ1v) is 7.45. The van der Waals surface area contributed by atoms with Crippen molar-refractivity contribution in [2.24, 2.45) is 5.92 Å². The molecule has 0 aromatic carbocycles. The summed E-state index contributed by atoms with van der Waals surface area (Å²) in [5.41, 5.74) is 0. The third-order valence-electron chi connectivity index (χ3n) is 3.33. The van der Waals surface area contributed by atoms with Crippen LogP contribution in [0, 0.1) is 5.92 Å². The van der Waals surface area contributed by atoms with Gasteiger partial charge in [-0.2, -0.15) is 0 Å². The highest BCUT2D eigenvalue weighted by Crippen LogP contribution is 2.21. The molecule has 0 bridgehead atoms. The molecule has 0 heterocycles. The van der Waals surface area contributed by atoms with E-state index in [1.54, 1.807) is 0 Å². The summed E-state index contributed by atoms with van der Waals surface area (Å²) < 4.78 is 9.35. The van der Waals surface area contributed by atoms with E-state index in [1.807, 2.05) is 0 Å². The van der Waals surface area contributed by atoms with Crippen LogP contribution in [0.4, 0.5) is 4.79 Å². The van der Waals surface area contributed by atoms with Crippen LogP contribution >= 0.6 is 0 Å². The van der Waals surface area contributed by atoms with Gasteiger partial charge >= 0.3 is 6.16 Å². The van der Waals surface area contributed by atoms with Gasteiger partial charge in [-0.25, -0.2) is 4.79 Å². The van der Waals surface area contributed by atoms with Crippen molar-refractivity contribution < 1.29 is 14.3 Å². The van der Waals surface area contributed by atoms with E-state index < -0.39 is 6.16 Å². The van der Waals surface area contributed by atoms with E-state index in [1.165, 1.54) is 58.5 Å². The molecule has 0 aromatic rings. The minimum atomic E-state index is -0.564. The molecule has 3 heteroatoms. The zero-order chi connectivity index (χ0) is 13.6. The molecule has 0 fully saturated rings. The minimum absolute atomic E-state index is 0.489. The molecule has 0 aliphatic rings. The van der Waals surface area contributed by atoms with E-state index in [9.17, 15) is 4.79 Å². The topological polar surface area (TPSA) is 35.5 Å². The number of hydrogen-bond donors (Lipinski definition) is 0. The Labute approximate surface area is 112 Å². The Bertz CT molecular complexity index is 192. The maximum absolute atomic E-state index is 10.8. The van der Waals surface area contributed by atoms with Gasteiger partial charge in [0.2, 0.25) is 0 Å². The summed E-state index contributed by atoms with van der Waals surface area (Å²) in [7, 11) is 1.34. The molecular formula is C15H30O3. The summed E-state index contributed by atoms with van der Waals surface area (Å²) in [4.78, 5) is 10.8. The van der Waals surface area contributed by atoms with Crippen LogP contribution in [0.5, 0.6) is 0 Å². The molecule has 3 nitrogen and oxygen atoms in total. The molecule has 0 N–H and O–H groups in total. The zero-order valence-corrected chi connectivity index (χ0v) is 12.4. The quantitative estimate of drug-likeness (QED) is 0.389. The summed E-state index contributed by atoms with van der Waals surface area (Å²) in [5.74, 6) is 0.803. The van der Waals surface area contributed by atoms with Crippen molar-refractivity contribution in [2.45, 2.75) is 71.6 Å². The van der Waals surface area contributed by atoms with Gasteiger partial charge < -0.3 is 9.47 Å². The van der Waals surface area contributed by atoms with Gasteiger partial charge in [-0.1, -0.05) is 58.8 Å². The molecular weight excluding hydrogens is 228 g/mol. The average molecular weight is 258 g/mol. The lowest BCUT2D eigenvalue weighted by Crippen LogP contribution is -2.08. The number of ether oxygens (including phenoxy) is 2. The second kappa shape index (κ2) is 12.7. The standard InChI is InChI=1S/C15H30O3/c1-4-6-8-11-14(10-7-5-2)12-9-13-18-15(16)17-3/h14H,4-13H2,1-3H3. The van der Waals surface area contributed by atoms with Crippen LogP contribution in [-0.4, -0.2) is 19.9 Å². The number of carbonyl (C=O) groups excluding carboxylic acids is 1. The molecule has 0 rings (SSSR count). The molecule has 1 unspecified atom stereocenters. The first-order valence-electron chi connectivity index (χ1n) is 7.45. The van der Waals surface area contributed by atoms with Gasteiger partial charge in [0.15, 0.2) is 0 Å². The van der Waals surface area contributed by atoms with Crippen LogP contribution in [0.2, 0.25) is 0 Å². The monoisotopic (exact) mass is 258 g/mol. The maximum Gasteiger partial charge on any atom is 0.507 e. The van der Waals surface area contributed by atoms with Crippen molar-refractivity contribution in [2.75, 3.05) is 13.7 Å². The normalized spacial score (nSPS) is 12.2. The van der Waals surface area contributed by atoms with Gasteiger partial charge in [0, 0.05) is 0 Å². The molecule has 0 aromatic heterocycles. The molecule has 18 heavy (non-hydrogen) atoms. The Morgan fingerprint density at radius 3 is 2.17 bits per heavy atom. The maximum atomic E-state index is 10.8. The van der Waals surface area contributed by atoms with Crippen LogP contribution < -0.4 is 0 Å². The predicted octanol–water partition coefficient (Wildman–Crippen LogP) is 4.94. The second-order valence-electron chi connectivity index (χ2n) is 4.95. The van der Waals surface area contributed by atoms with Crippen molar-refractivity contribution in [1.29, 1.82) is 0 Å². The summed E-state index contributed by atoms with van der Waals surface area (Å²) in [6.07, 6.45) is 10.7. The minimum Gasteiger partial charge on any atom is -0.438 e. The van der Waals surface area contributed by atoms with E-state index >= 15 is 0 Å². The summed E-state index contributed by atoms with van der Waals surface area (Å²) in [6.45, 7) is 4.97. The number of unbranched alkanes of at least 4 members (excludes halogenated alkanes) is 3. The highest BCUT2D eigenvalue weighted by atomic mass is 16.7. The van der Waals surface area contributed by atoms with Crippen molar-refractivity contribution in [3.8, 4) is 0 Å². The molecule has 0 amide bonds. The molecule has 1 atom stereocenters. The molecule has 0 saturated carbocycles. The molecule has 0 saturated heterocycles. The smallest absolute Gasteiger partial charge is 0.438 e. The zero-order valence-electron chi connectivity index (χ0n) is 12.4. The third-order valence-corrected chi connectivity index (χ3v) is 3.33. The Kier molecular flexibility index (Phi) is 12.2. The van der Waals surface area contributed by atoms with E-state index in [4.69, 9.17) is 4.74 Å². The van der Waals surface area contributed by atoms with Crippen LogP contribution in [0.15, 0.2) is 0 Å². The van der Waals surface area contributed by atoms with Gasteiger partial charge in [0.25, 0.3) is 0 Å². The first-order chi connectivity index (χ1) is 8.74. The summed E-state index contributed by atoms with van der Waals surface area (Å²) >= 11 is 0. The lowest BCUT2D eigenvalue weighted by atomic mass is 9.91. The highest BCUT2D eigenvalue weighted by Gasteiger charge is 2.09. The molecule has 0 aliphatic carbocycles. The number of carbonyl (C=O) groups is 1. The fraction of sp³-hybridized carbons (Fsp3) is 0.933. The highest BCUT2D eigenvalue weighted by molar-refractivity contribution is 5.59. The van der Waals surface area contributed by atoms with Crippen LogP contribution in [-0.2, 0) is 9.47 Å². The molecule has 0 radical (unpaired) electrons. The lowest BCUT2D eigenvalue weighted by Gasteiger charge is -2.16. The Morgan fingerprint density at radius 2 is 1.56 bits per heavy atom. The van der Waals surface area contributed by atoms with Crippen molar-refractivity contribution in [3.63, 3.8) is 0 Å².